The lowest BCUT2D eigenvalue weighted by Crippen LogP contribution is -2.29. The molecule has 8 nitrogen and oxygen atoms in total. The topological polar surface area (TPSA) is 93.4 Å². The minimum atomic E-state index is -0.849. The Balaban J connectivity index is 1.70. The number of fused-ring (bicyclic) bond motifs is 1. The first-order valence-corrected chi connectivity index (χ1v) is 13.1. The van der Waals surface area contributed by atoms with Crippen LogP contribution in [0.2, 0.25) is 0 Å². The predicted octanol–water partition coefficient (Wildman–Crippen LogP) is 5.45. The largest absolute Gasteiger partial charge is 0.505 e. The number of Topliss-reactive ketones (excluding diaryl/α,β-unsaturated/α-hetero) is 1. The number of pyridine rings is 1. The number of carbonyl (C=O) groups is 2. The SMILES string of the molecule is CCCOc1ccc(C2/C(=C(\O)c3c(C)nc4ccccn34)C(=O)C(=O)N2Cc2ccccc2)cc1OCC. The highest BCUT2D eigenvalue weighted by molar-refractivity contribution is 6.46. The van der Waals surface area contributed by atoms with E-state index in [0.29, 0.717) is 47.3 Å². The van der Waals surface area contributed by atoms with Crippen LogP contribution < -0.4 is 9.47 Å². The minimum Gasteiger partial charge on any atom is -0.505 e. The fourth-order valence-corrected chi connectivity index (χ4v) is 4.99. The number of aliphatic hydroxyl groups excluding tert-OH is 1. The monoisotopic (exact) mass is 525 g/mol. The average Bonchev–Trinajstić information content (AvgIpc) is 3.41. The van der Waals surface area contributed by atoms with Crippen LogP contribution in [0.5, 0.6) is 11.5 Å². The molecule has 5 rings (SSSR count). The second-order valence-corrected chi connectivity index (χ2v) is 9.37. The number of aromatic nitrogens is 2. The van der Waals surface area contributed by atoms with E-state index in [1.165, 1.54) is 4.90 Å². The van der Waals surface area contributed by atoms with Gasteiger partial charge in [0, 0.05) is 12.7 Å². The fraction of sp³-hybridized carbons (Fsp3) is 0.258. The molecule has 0 saturated carbocycles. The molecule has 1 amide bonds. The Bertz CT molecular complexity index is 1560. The van der Waals surface area contributed by atoms with Crippen LogP contribution in [0.25, 0.3) is 11.4 Å². The standard InChI is InChI=1S/C31H31N3O5/c1-4-17-39-23-15-14-22(18-24(23)38-5-2)28-26(29(35)27-20(3)32-25-13-9-10-16-33(25)27)30(36)31(37)34(28)19-21-11-7-6-8-12-21/h6-16,18,28,35H,4-5,17,19H2,1-3H3/b29-26+. The molecule has 39 heavy (non-hydrogen) atoms. The van der Waals surface area contributed by atoms with Crippen LogP contribution >= 0.6 is 0 Å². The van der Waals surface area contributed by atoms with E-state index in [2.05, 4.69) is 4.98 Å². The highest BCUT2D eigenvalue weighted by atomic mass is 16.5. The summed E-state index contributed by atoms with van der Waals surface area (Å²) in [6.07, 6.45) is 2.61. The summed E-state index contributed by atoms with van der Waals surface area (Å²) in [5.41, 5.74) is 3.05. The number of hydrogen-bond acceptors (Lipinski definition) is 6. The lowest BCUT2D eigenvalue weighted by molar-refractivity contribution is -0.140. The fourth-order valence-electron chi connectivity index (χ4n) is 4.99. The van der Waals surface area contributed by atoms with Crippen molar-refractivity contribution in [3.8, 4) is 11.5 Å². The highest BCUT2D eigenvalue weighted by Crippen LogP contribution is 2.43. The van der Waals surface area contributed by atoms with Gasteiger partial charge in [0.2, 0.25) is 0 Å². The molecule has 1 saturated heterocycles. The predicted molar refractivity (Wildman–Crippen MR) is 148 cm³/mol. The summed E-state index contributed by atoms with van der Waals surface area (Å²) in [6, 6.07) is 19.5. The molecule has 1 aliphatic heterocycles. The number of ketones is 1. The number of aliphatic hydroxyl groups is 1. The van der Waals surface area contributed by atoms with E-state index in [9.17, 15) is 14.7 Å². The van der Waals surface area contributed by atoms with Gasteiger partial charge >= 0.3 is 0 Å². The Morgan fingerprint density at radius 2 is 1.74 bits per heavy atom. The van der Waals surface area contributed by atoms with Gasteiger partial charge in [0.15, 0.2) is 17.3 Å². The molecular weight excluding hydrogens is 494 g/mol. The van der Waals surface area contributed by atoms with Crippen LogP contribution in [0.15, 0.2) is 78.5 Å². The van der Waals surface area contributed by atoms with Crippen LogP contribution in [-0.4, -0.2) is 44.3 Å². The third kappa shape index (κ3) is 4.85. The van der Waals surface area contributed by atoms with Crippen LogP contribution in [0.4, 0.5) is 0 Å². The van der Waals surface area contributed by atoms with Crippen LogP contribution in [-0.2, 0) is 16.1 Å². The van der Waals surface area contributed by atoms with E-state index < -0.39 is 17.7 Å². The highest BCUT2D eigenvalue weighted by Gasteiger charge is 2.46. The second-order valence-electron chi connectivity index (χ2n) is 9.37. The Kier molecular flexibility index (Phi) is 7.36. The molecule has 4 aromatic rings. The van der Waals surface area contributed by atoms with Gasteiger partial charge in [-0.1, -0.05) is 49.4 Å². The first-order chi connectivity index (χ1) is 18.9. The van der Waals surface area contributed by atoms with Gasteiger partial charge in [-0.2, -0.15) is 0 Å². The molecule has 1 unspecified atom stereocenters. The van der Waals surface area contributed by atoms with Crippen molar-refractivity contribution < 1.29 is 24.2 Å². The lowest BCUT2D eigenvalue weighted by atomic mass is 9.95. The molecule has 0 spiro atoms. The van der Waals surface area contributed by atoms with Crippen molar-refractivity contribution in [3.05, 3.63) is 101 Å². The third-order valence-corrected chi connectivity index (χ3v) is 6.71. The van der Waals surface area contributed by atoms with Crippen LogP contribution in [0.3, 0.4) is 0 Å². The number of amides is 1. The van der Waals surface area contributed by atoms with Crippen molar-refractivity contribution in [2.45, 2.75) is 39.8 Å². The van der Waals surface area contributed by atoms with Gasteiger partial charge in [-0.05, 0) is 55.7 Å². The third-order valence-electron chi connectivity index (χ3n) is 6.71. The molecule has 200 valence electrons. The Labute approximate surface area is 227 Å². The molecule has 1 aliphatic rings. The summed E-state index contributed by atoms with van der Waals surface area (Å²) in [4.78, 5) is 33.1. The minimum absolute atomic E-state index is 0.00867. The number of ether oxygens (including phenoxy) is 2. The summed E-state index contributed by atoms with van der Waals surface area (Å²) >= 11 is 0. The normalized spacial score (nSPS) is 16.7. The van der Waals surface area contributed by atoms with Crippen LogP contribution in [0, 0.1) is 6.92 Å². The van der Waals surface area contributed by atoms with Crippen molar-refractivity contribution >= 4 is 23.1 Å². The molecule has 0 bridgehead atoms. The van der Waals surface area contributed by atoms with Gasteiger partial charge < -0.3 is 19.5 Å². The molecule has 0 radical (unpaired) electrons. The van der Waals surface area contributed by atoms with Gasteiger partial charge in [-0.15, -0.1) is 0 Å². The Morgan fingerprint density at radius 1 is 0.974 bits per heavy atom. The number of imidazole rings is 1. The number of likely N-dealkylation sites (tertiary alicyclic amines) is 1. The number of rotatable bonds is 9. The van der Waals surface area contributed by atoms with Crippen molar-refractivity contribution in [1.29, 1.82) is 0 Å². The zero-order valence-electron chi connectivity index (χ0n) is 22.3. The van der Waals surface area contributed by atoms with Crippen molar-refractivity contribution in [1.82, 2.24) is 14.3 Å². The molecule has 3 heterocycles. The van der Waals surface area contributed by atoms with E-state index in [-0.39, 0.29) is 17.9 Å². The maximum Gasteiger partial charge on any atom is 0.295 e. The van der Waals surface area contributed by atoms with E-state index in [4.69, 9.17) is 9.47 Å². The first kappa shape index (κ1) is 26.0. The zero-order chi connectivity index (χ0) is 27.5. The maximum atomic E-state index is 13.6. The average molecular weight is 526 g/mol. The van der Waals surface area contributed by atoms with Crippen LogP contribution in [0.1, 0.15) is 48.8 Å². The number of nitrogens with zero attached hydrogens (tertiary/aromatic N) is 3. The van der Waals surface area contributed by atoms with E-state index in [1.807, 2.05) is 68.4 Å². The summed E-state index contributed by atoms with van der Waals surface area (Å²) in [7, 11) is 0. The lowest BCUT2D eigenvalue weighted by Gasteiger charge is -2.26. The molecule has 1 fully saturated rings. The summed E-state index contributed by atoms with van der Waals surface area (Å²) in [5, 5.41) is 11.7. The quantitative estimate of drug-likeness (QED) is 0.177. The smallest absolute Gasteiger partial charge is 0.295 e. The number of benzene rings is 2. The van der Waals surface area contributed by atoms with Crippen molar-refractivity contribution in [2.75, 3.05) is 13.2 Å². The summed E-state index contributed by atoms with van der Waals surface area (Å²) in [5.74, 6) is -0.599. The number of hydrogen-bond donors (Lipinski definition) is 1. The van der Waals surface area contributed by atoms with Crippen molar-refractivity contribution in [2.24, 2.45) is 0 Å². The van der Waals surface area contributed by atoms with E-state index >= 15 is 0 Å². The Hall–Kier alpha value is -4.59. The molecule has 8 heteroatoms. The van der Waals surface area contributed by atoms with Gasteiger partial charge in [-0.25, -0.2) is 4.98 Å². The van der Waals surface area contributed by atoms with Crippen molar-refractivity contribution in [3.63, 3.8) is 0 Å². The molecule has 0 aliphatic carbocycles. The summed E-state index contributed by atoms with van der Waals surface area (Å²) < 4.78 is 13.5. The zero-order valence-corrected chi connectivity index (χ0v) is 22.3. The second kappa shape index (κ2) is 11.0. The van der Waals surface area contributed by atoms with Gasteiger partial charge in [0.25, 0.3) is 11.7 Å². The molecule has 1 N–H and O–H groups in total. The Morgan fingerprint density at radius 3 is 2.49 bits per heavy atom. The van der Waals surface area contributed by atoms with Gasteiger partial charge in [-0.3, -0.25) is 14.0 Å². The van der Waals surface area contributed by atoms with E-state index in [0.717, 1.165) is 12.0 Å². The van der Waals surface area contributed by atoms with E-state index in [1.54, 1.807) is 29.7 Å². The number of aryl methyl sites for hydroxylation is 1. The maximum absolute atomic E-state index is 13.6. The van der Waals surface area contributed by atoms with Gasteiger partial charge in [0.05, 0.1) is 30.5 Å². The molecule has 1 atom stereocenters. The summed E-state index contributed by atoms with van der Waals surface area (Å²) in [6.45, 7) is 6.80. The molecule has 2 aromatic heterocycles. The molecule has 2 aromatic carbocycles. The molecular formula is C31H31N3O5. The first-order valence-electron chi connectivity index (χ1n) is 13.1. The number of carbonyl (C=O) groups excluding carboxylic acids is 2. The van der Waals surface area contributed by atoms with Gasteiger partial charge in [0.1, 0.15) is 11.3 Å².